The van der Waals surface area contributed by atoms with Crippen LogP contribution in [0.2, 0.25) is 0 Å². The normalized spacial score (nSPS) is 13.1. The number of rotatable bonds is 7. The van der Waals surface area contributed by atoms with Crippen LogP contribution in [0.5, 0.6) is 0 Å². The minimum atomic E-state index is 0.00196. The van der Waals surface area contributed by atoms with Crippen LogP contribution in [0.15, 0.2) is 66.0 Å². The van der Waals surface area contributed by atoms with Gasteiger partial charge in [0.2, 0.25) is 0 Å². The third-order valence-electron chi connectivity index (χ3n) is 4.96. The van der Waals surface area contributed by atoms with E-state index in [0.717, 1.165) is 5.56 Å². The van der Waals surface area contributed by atoms with Gasteiger partial charge in [0, 0.05) is 5.56 Å². The zero-order chi connectivity index (χ0) is 19.2. The molecular formula is C23H27N2OS+. The van der Waals surface area contributed by atoms with E-state index in [0.29, 0.717) is 6.54 Å². The van der Waals surface area contributed by atoms with Gasteiger partial charge in [-0.2, -0.15) is 0 Å². The second kappa shape index (κ2) is 8.98. The number of amides is 1. The van der Waals surface area contributed by atoms with E-state index in [2.05, 4.69) is 72.3 Å². The first-order chi connectivity index (χ1) is 13.0. The van der Waals surface area contributed by atoms with Gasteiger partial charge < -0.3 is 10.6 Å². The lowest BCUT2D eigenvalue weighted by molar-refractivity contribution is -0.676. The van der Waals surface area contributed by atoms with Gasteiger partial charge in [-0.3, -0.25) is 4.79 Å². The zero-order valence-corrected chi connectivity index (χ0v) is 16.9. The number of nitrogens with two attached hydrogens (primary N) is 1. The molecule has 0 radical (unpaired) electrons. The van der Waals surface area contributed by atoms with Crippen molar-refractivity contribution in [2.45, 2.75) is 32.9 Å². The Morgan fingerprint density at radius 2 is 1.78 bits per heavy atom. The molecule has 0 aliphatic rings. The lowest BCUT2D eigenvalue weighted by Gasteiger charge is -2.18. The molecule has 0 fully saturated rings. The van der Waals surface area contributed by atoms with E-state index >= 15 is 0 Å². The number of aryl methyl sites for hydroxylation is 2. The first kappa shape index (κ1) is 19.3. The Kier molecular flexibility index (Phi) is 6.43. The molecule has 3 aromatic rings. The Hall–Kier alpha value is -2.43. The molecule has 0 aliphatic heterocycles. The largest absolute Gasteiger partial charge is 0.345 e. The van der Waals surface area contributed by atoms with E-state index < -0.39 is 0 Å². The molecule has 2 aromatic carbocycles. The van der Waals surface area contributed by atoms with Crippen molar-refractivity contribution in [3.63, 3.8) is 0 Å². The molecule has 0 saturated heterocycles. The van der Waals surface area contributed by atoms with E-state index in [9.17, 15) is 4.79 Å². The molecule has 3 nitrogen and oxygen atoms in total. The summed E-state index contributed by atoms with van der Waals surface area (Å²) in [6.07, 6.45) is 0. The van der Waals surface area contributed by atoms with Gasteiger partial charge in [-0.25, -0.2) is 0 Å². The lowest BCUT2D eigenvalue weighted by Crippen LogP contribution is -2.87. The van der Waals surface area contributed by atoms with Crippen LogP contribution >= 0.6 is 11.3 Å². The summed E-state index contributed by atoms with van der Waals surface area (Å²) in [5.74, 6) is 0.0539. The average Bonchev–Trinajstić information content (AvgIpc) is 3.19. The van der Waals surface area contributed by atoms with E-state index in [-0.39, 0.29) is 18.0 Å². The first-order valence-electron chi connectivity index (χ1n) is 9.33. The standard InChI is InChI=1S/C23H26N2OS/c1-16-11-12-20(14-17(16)2)18(3)25-22(26)15-24-23(21-10-7-13-27-21)19-8-5-4-6-9-19/h4-14,18,23-24H,15H2,1-3H3,(H,25,26)/p+1/t18-,23-/m0/s1. The van der Waals surface area contributed by atoms with Crippen LogP contribution in [0.25, 0.3) is 0 Å². The van der Waals surface area contributed by atoms with Crippen molar-refractivity contribution in [2.24, 2.45) is 0 Å². The van der Waals surface area contributed by atoms with E-state index in [4.69, 9.17) is 0 Å². The maximum Gasteiger partial charge on any atom is 0.275 e. The number of benzene rings is 2. The van der Waals surface area contributed by atoms with Crippen molar-refractivity contribution in [1.29, 1.82) is 0 Å². The molecule has 3 rings (SSSR count). The predicted molar refractivity (Wildman–Crippen MR) is 112 cm³/mol. The van der Waals surface area contributed by atoms with E-state index in [1.807, 2.05) is 25.1 Å². The molecule has 1 heterocycles. The minimum absolute atomic E-state index is 0.00196. The number of carbonyl (C=O) groups excluding carboxylic acids is 1. The van der Waals surface area contributed by atoms with Crippen molar-refractivity contribution >= 4 is 17.2 Å². The number of nitrogens with one attached hydrogen (secondary N) is 1. The molecular weight excluding hydrogens is 352 g/mol. The Bertz CT molecular complexity index is 875. The van der Waals surface area contributed by atoms with Crippen LogP contribution in [-0.2, 0) is 4.79 Å². The smallest absolute Gasteiger partial charge is 0.275 e. The molecule has 0 spiro atoms. The van der Waals surface area contributed by atoms with E-state index in [1.165, 1.54) is 21.6 Å². The van der Waals surface area contributed by atoms with Gasteiger partial charge in [0.25, 0.3) is 5.91 Å². The number of thiophene rings is 1. The summed E-state index contributed by atoms with van der Waals surface area (Å²) >= 11 is 1.73. The van der Waals surface area contributed by atoms with Gasteiger partial charge in [0.1, 0.15) is 6.04 Å². The summed E-state index contributed by atoms with van der Waals surface area (Å²) in [4.78, 5) is 13.8. The Morgan fingerprint density at radius 1 is 1.00 bits per heavy atom. The van der Waals surface area contributed by atoms with Gasteiger partial charge in [0.15, 0.2) is 6.54 Å². The summed E-state index contributed by atoms with van der Waals surface area (Å²) < 4.78 is 0. The summed E-state index contributed by atoms with van der Waals surface area (Å²) in [5.41, 5.74) is 4.88. The van der Waals surface area contributed by atoms with Crippen LogP contribution in [0.3, 0.4) is 0 Å². The fraction of sp³-hybridized carbons (Fsp3) is 0.261. The third kappa shape index (κ3) is 5.06. The fourth-order valence-corrected chi connectivity index (χ4v) is 4.04. The predicted octanol–water partition coefficient (Wildman–Crippen LogP) is 3.90. The van der Waals surface area contributed by atoms with Gasteiger partial charge in [-0.15, -0.1) is 11.3 Å². The maximum atomic E-state index is 12.5. The summed E-state index contributed by atoms with van der Waals surface area (Å²) in [6.45, 7) is 6.64. The van der Waals surface area contributed by atoms with Crippen LogP contribution < -0.4 is 10.6 Å². The molecule has 1 aromatic heterocycles. The second-order valence-electron chi connectivity index (χ2n) is 6.98. The van der Waals surface area contributed by atoms with Gasteiger partial charge in [-0.05, 0) is 48.9 Å². The van der Waals surface area contributed by atoms with Gasteiger partial charge in [-0.1, -0.05) is 54.6 Å². The number of quaternary nitrogens is 1. The summed E-state index contributed by atoms with van der Waals surface area (Å²) in [7, 11) is 0. The summed E-state index contributed by atoms with van der Waals surface area (Å²) in [5, 5.41) is 7.33. The Balaban J connectivity index is 1.63. The minimum Gasteiger partial charge on any atom is -0.345 e. The molecule has 140 valence electrons. The SMILES string of the molecule is Cc1ccc([C@H](C)NC(=O)C[NH2+][C@@H](c2ccccc2)c2cccs2)cc1C. The zero-order valence-electron chi connectivity index (χ0n) is 16.1. The quantitative estimate of drug-likeness (QED) is 0.643. The van der Waals surface area contributed by atoms with Crippen molar-refractivity contribution in [2.75, 3.05) is 6.54 Å². The van der Waals surface area contributed by atoms with Crippen LogP contribution in [-0.4, -0.2) is 12.5 Å². The monoisotopic (exact) mass is 379 g/mol. The molecule has 4 heteroatoms. The molecule has 0 aliphatic carbocycles. The molecule has 3 N–H and O–H groups in total. The molecule has 0 unspecified atom stereocenters. The highest BCUT2D eigenvalue weighted by atomic mass is 32.1. The van der Waals surface area contributed by atoms with Gasteiger partial charge >= 0.3 is 0 Å². The highest BCUT2D eigenvalue weighted by Crippen LogP contribution is 2.22. The number of hydrogen-bond acceptors (Lipinski definition) is 2. The number of hydrogen-bond donors (Lipinski definition) is 2. The molecule has 1 amide bonds. The first-order valence-corrected chi connectivity index (χ1v) is 10.2. The highest BCUT2D eigenvalue weighted by molar-refractivity contribution is 7.10. The van der Waals surface area contributed by atoms with Crippen LogP contribution in [0, 0.1) is 13.8 Å². The fourth-order valence-electron chi connectivity index (χ4n) is 3.19. The lowest BCUT2D eigenvalue weighted by atomic mass is 10.0. The second-order valence-corrected chi connectivity index (χ2v) is 7.96. The number of carbonyl (C=O) groups is 1. The average molecular weight is 380 g/mol. The Labute approximate surface area is 165 Å². The van der Waals surface area contributed by atoms with Crippen LogP contribution in [0.1, 0.15) is 46.1 Å². The van der Waals surface area contributed by atoms with Crippen LogP contribution in [0.4, 0.5) is 0 Å². The molecule has 2 atom stereocenters. The van der Waals surface area contributed by atoms with Crippen molar-refractivity contribution < 1.29 is 10.1 Å². The molecule has 27 heavy (non-hydrogen) atoms. The third-order valence-corrected chi connectivity index (χ3v) is 5.91. The topological polar surface area (TPSA) is 45.7 Å². The molecule has 0 bridgehead atoms. The van der Waals surface area contributed by atoms with Crippen molar-refractivity contribution in [3.05, 3.63) is 93.2 Å². The molecule has 0 saturated carbocycles. The maximum absolute atomic E-state index is 12.5. The summed E-state index contributed by atoms with van der Waals surface area (Å²) in [6, 6.07) is 21.1. The van der Waals surface area contributed by atoms with Crippen molar-refractivity contribution in [1.82, 2.24) is 5.32 Å². The van der Waals surface area contributed by atoms with Crippen molar-refractivity contribution in [3.8, 4) is 0 Å². The van der Waals surface area contributed by atoms with Gasteiger partial charge in [0.05, 0.1) is 10.9 Å². The Morgan fingerprint density at radius 3 is 2.44 bits per heavy atom. The highest BCUT2D eigenvalue weighted by Gasteiger charge is 2.20. The van der Waals surface area contributed by atoms with E-state index in [1.54, 1.807) is 11.3 Å².